The topological polar surface area (TPSA) is 8.17 Å². The molecule has 264 valence electrons. The van der Waals surface area contributed by atoms with Gasteiger partial charge in [0.25, 0.3) is 0 Å². The fourth-order valence-electron chi connectivity index (χ4n) is 9.52. The van der Waals surface area contributed by atoms with E-state index in [1.807, 2.05) is 0 Å². The van der Waals surface area contributed by atoms with Gasteiger partial charge in [-0.1, -0.05) is 129 Å². The molecule has 0 amide bonds. The van der Waals surface area contributed by atoms with Crippen molar-refractivity contribution in [1.82, 2.24) is 4.57 Å². The van der Waals surface area contributed by atoms with Crippen molar-refractivity contribution in [3.63, 3.8) is 0 Å². The maximum absolute atomic E-state index is 2.46. The molecule has 4 aliphatic carbocycles. The Balaban J connectivity index is 0.941. The molecule has 0 saturated heterocycles. The molecule has 2 nitrogen and oxygen atoms in total. The highest BCUT2D eigenvalue weighted by atomic mass is 15.1. The summed E-state index contributed by atoms with van der Waals surface area (Å²) in [6.45, 7) is 4.71. The molecule has 0 saturated carbocycles. The number of nitrogens with zero attached hydrogens (tertiary/aromatic N) is 2. The minimum Gasteiger partial charge on any atom is -0.310 e. The van der Waals surface area contributed by atoms with E-state index >= 15 is 0 Å². The van der Waals surface area contributed by atoms with Gasteiger partial charge >= 0.3 is 0 Å². The van der Waals surface area contributed by atoms with Crippen LogP contribution in [0.3, 0.4) is 0 Å². The first kappa shape index (κ1) is 31.5. The minimum atomic E-state index is -0.0866. The summed E-state index contributed by atoms with van der Waals surface area (Å²) < 4.78 is 2.46. The van der Waals surface area contributed by atoms with Crippen molar-refractivity contribution >= 4 is 44.4 Å². The quantitative estimate of drug-likeness (QED) is 0.160. The van der Waals surface area contributed by atoms with Crippen LogP contribution >= 0.6 is 0 Å². The number of hydrogen-bond donors (Lipinski definition) is 0. The highest BCUT2D eigenvalue weighted by molar-refractivity contribution is 6.12. The van der Waals surface area contributed by atoms with Gasteiger partial charge in [0, 0.05) is 38.8 Å². The van der Waals surface area contributed by atoms with Gasteiger partial charge in [0.2, 0.25) is 0 Å². The second kappa shape index (κ2) is 11.6. The molecular formula is C54H38N2. The third kappa shape index (κ3) is 4.56. The first-order chi connectivity index (χ1) is 27.5. The fraction of sp³-hybridized carbons (Fsp3) is 0.0741. The number of para-hydroxylation sites is 1. The van der Waals surface area contributed by atoms with Crippen molar-refractivity contribution in [2.45, 2.75) is 25.7 Å². The highest BCUT2D eigenvalue weighted by Gasteiger charge is 2.36. The molecule has 8 aromatic rings. The van der Waals surface area contributed by atoms with E-state index in [0.717, 1.165) is 23.5 Å². The molecule has 0 aliphatic heterocycles. The largest absolute Gasteiger partial charge is 0.310 e. The van der Waals surface area contributed by atoms with Gasteiger partial charge in [0.05, 0.1) is 16.7 Å². The van der Waals surface area contributed by atoms with E-state index in [0.29, 0.717) is 0 Å². The number of benzene rings is 8. The Labute approximate surface area is 327 Å². The van der Waals surface area contributed by atoms with E-state index in [1.165, 1.54) is 94.3 Å². The average Bonchev–Trinajstić information content (AvgIpc) is 3.99. The van der Waals surface area contributed by atoms with Crippen molar-refractivity contribution in [2.24, 2.45) is 0 Å². The average molecular weight is 715 g/mol. The van der Waals surface area contributed by atoms with Crippen molar-refractivity contribution in [3.05, 3.63) is 199 Å². The van der Waals surface area contributed by atoms with Crippen LogP contribution in [0.4, 0.5) is 17.1 Å². The third-order valence-corrected chi connectivity index (χ3v) is 12.6. The van der Waals surface area contributed by atoms with E-state index in [9.17, 15) is 0 Å². The molecule has 0 N–H and O–H groups in total. The summed E-state index contributed by atoms with van der Waals surface area (Å²) in [5.41, 5.74) is 23.2. The first-order valence-electron chi connectivity index (χ1n) is 19.7. The maximum Gasteiger partial charge on any atom is 0.0547 e. The Kier molecular flexibility index (Phi) is 6.49. The zero-order chi connectivity index (χ0) is 37.1. The van der Waals surface area contributed by atoms with Crippen LogP contribution in [-0.4, -0.2) is 4.57 Å². The first-order valence-corrected chi connectivity index (χ1v) is 19.7. The zero-order valence-corrected chi connectivity index (χ0v) is 31.4. The molecule has 0 fully saturated rings. The van der Waals surface area contributed by atoms with Gasteiger partial charge in [-0.2, -0.15) is 0 Å². The molecule has 1 aromatic heterocycles. The van der Waals surface area contributed by atoms with Crippen LogP contribution in [0.2, 0.25) is 0 Å². The van der Waals surface area contributed by atoms with Gasteiger partial charge in [-0.25, -0.2) is 0 Å². The number of rotatable bonds is 7. The lowest BCUT2D eigenvalue weighted by molar-refractivity contribution is 0.660. The van der Waals surface area contributed by atoms with Crippen molar-refractivity contribution < 1.29 is 0 Å². The number of fused-ring (bicyclic) bond motifs is 7. The van der Waals surface area contributed by atoms with Gasteiger partial charge in [0.1, 0.15) is 0 Å². The second-order valence-corrected chi connectivity index (χ2v) is 16.1. The van der Waals surface area contributed by atoms with Crippen LogP contribution in [0, 0.1) is 0 Å². The van der Waals surface area contributed by atoms with E-state index in [1.54, 1.807) is 0 Å². The van der Waals surface area contributed by atoms with E-state index in [2.05, 4.69) is 205 Å². The monoisotopic (exact) mass is 714 g/mol. The van der Waals surface area contributed by atoms with Crippen LogP contribution in [0.25, 0.3) is 77.6 Å². The normalized spacial score (nSPS) is 14.1. The van der Waals surface area contributed by atoms with E-state index in [-0.39, 0.29) is 5.41 Å². The van der Waals surface area contributed by atoms with E-state index in [4.69, 9.17) is 0 Å². The molecular weight excluding hydrogens is 677 g/mol. The van der Waals surface area contributed by atoms with Crippen molar-refractivity contribution in [2.75, 3.05) is 4.90 Å². The molecule has 0 unspecified atom stereocenters. The zero-order valence-electron chi connectivity index (χ0n) is 31.4. The molecule has 12 rings (SSSR count). The fourth-order valence-corrected chi connectivity index (χ4v) is 9.52. The minimum absolute atomic E-state index is 0.0866. The lowest BCUT2D eigenvalue weighted by Gasteiger charge is -2.28. The van der Waals surface area contributed by atoms with Crippen molar-refractivity contribution in [1.29, 1.82) is 0 Å². The van der Waals surface area contributed by atoms with Gasteiger partial charge in [0.15, 0.2) is 0 Å². The molecule has 0 bridgehead atoms. The number of aromatic nitrogens is 1. The summed E-state index contributed by atoms with van der Waals surface area (Å²) in [6.07, 6.45) is 3.47. The predicted molar refractivity (Wildman–Crippen MR) is 235 cm³/mol. The second-order valence-electron chi connectivity index (χ2n) is 16.1. The molecule has 7 aromatic carbocycles. The molecule has 0 radical (unpaired) electrons. The van der Waals surface area contributed by atoms with Crippen LogP contribution < -0.4 is 4.90 Å². The summed E-state index contributed by atoms with van der Waals surface area (Å²) >= 11 is 0. The molecule has 2 heteroatoms. The molecule has 1 heterocycles. The summed E-state index contributed by atoms with van der Waals surface area (Å²) in [6, 6.07) is 65.3. The number of anilines is 3. The highest BCUT2D eigenvalue weighted by Crippen LogP contribution is 2.53. The SMILES string of the molecule is CC1(C)c2ccccc2-c2ccc(N(c3ccc(-c4ccccc4)cc3)c3ccc(-c4ccc5c(c4)c4ccccc4n5-c4cc5c(C6=CC6)cc4-5)cc3)cc21. The Morgan fingerprint density at radius 3 is 1.77 bits per heavy atom. The Morgan fingerprint density at radius 1 is 0.429 bits per heavy atom. The summed E-state index contributed by atoms with van der Waals surface area (Å²) in [4.78, 5) is 2.41. The summed E-state index contributed by atoms with van der Waals surface area (Å²) in [5.74, 6) is 0. The van der Waals surface area contributed by atoms with Crippen LogP contribution in [0.15, 0.2) is 182 Å². The van der Waals surface area contributed by atoms with E-state index < -0.39 is 0 Å². The molecule has 56 heavy (non-hydrogen) atoms. The maximum atomic E-state index is 2.46. The van der Waals surface area contributed by atoms with Crippen LogP contribution in [0.1, 0.15) is 37.0 Å². The number of allylic oxidation sites excluding steroid dienone is 2. The van der Waals surface area contributed by atoms with Crippen LogP contribution in [-0.2, 0) is 5.41 Å². The molecule has 0 spiro atoms. The van der Waals surface area contributed by atoms with Gasteiger partial charge in [-0.3, -0.25) is 0 Å². The van der Waals surface area contributed by atoms with Gasteiger partial charge in [-0.15, -0.1) is 0 Å². The smallest absolute Gasteiger partial charge is 0.0547 e. The molecule has 0 atom stereocenters. The Bertz CT molecular complexity index is 3100. The lowest BCUT2D eigenvalue weighted by atomic mass is 9.82. The van der Waals surface area contributed by atoms with Crippen molar-refractivity contribution in [3.8, 4) is 50.2 Å². The standard InChI is InChI=1S/C54H38N2/c1-54(2)49-14-8-6-12-42(49)43-28-27-41(31-50(43)54)55(39-23-18-35(19-24-39)34-10-4-3-5-11-34)40-25-20-36(21-26-40)38-22-29-52-47(30-38)44-13-7-9-15-51(44)56(52)53-33-46-45(32-48(46)53)37-16-17-37/h3-16,18-33H,17H2,1-2H3. The Hall–Kier alpha value is -6.90. The van der Waals surface area contributed by atoms with Gasteiger partial charge < -0.3 is 9.47 Å². The third-order valence-electron chi connectivity index (χ3n) is 12.6. The summed E-state index contributed by atoms with van der Waals surface area (Å²) in [5, 5.41) is 2.57. The summed E-state index contributed by atoms with van der Waals surface area (Å²) in [7, 11) is 0. The van der Waals surface area contributed by atoms with Gasteiger partial charge in [-0.05, 0) is 134 Å². The Morgan fingerprint density at radius 2 is 1.04 bits per heavy atom. The van der Waals surface area contributed by atoms with Crippen LogP contribution in [0.5, 0.6) is 0 Å². The molecule has 4 aliphatic rings. The predicted octanol–water partition coefficient (Wildman–Crippen LogP) is 14.7. The lowest BCUT2D eigenvalue weighted by Crippen LogP contribution is -2.16. The number of hydrogen-bond acceptors (Lipinski definition) is 1.